The van der Waals surface area contributed by atoms with Gasteiger partial charge in [-0.15, -0.1) is 0 Å². The van der Waals surface area contributed by atoms with E-state index in [1.807, 2.05) is 55.8 Å². The number of pyridine rings is 1. The molecule has 0 fully saturated rings. The lowest BCUT2D eigenvalue weighted by Crippen LogP contribution is -2.30. The van der Waals surface area contributed by atoms with E-state index in [-0.39, 0.29) is 5.91 Å². The molecule has 30 heavy (non-hydrogen) atoms. The molecule has 0 N–H and O–H groups in total. The summed E-state index contributed by atoms with van der Waals surface area (Å²) in [6.45, 7) is 7.04. The van der Waals surface area contributed by atoms with Crippen molar-refractivity contribution in [3.8, 4) is 5.75 Å². The summed E-state index contributed by atoms with van der Waals surface area (Å²) >= 11 is 1.48. The topological polar surface area (TPSA) is 73.1 Å². The monoisotopic (exact) mass is 421 g/mol. The Bertz CT molecular complexity index is 1200. The number of rotatable bonds is 6. The third kappa shape index (κ3) is 3.66. The molecule has 0 bridgehead atoms. The molecule has 0 saturated carbocycles. The fourth-order valence-corrected chi connectivity index (χ4v) is 4.40. The highest BCUT2D eigenvalue weighted by Crippen LogP contribution is 2.37. The summed E-state index contributed by atoms with van der Waals surface area (Å²) in [5.41, 5.74) is 4.12. The van der Waals surface area contributed by atoms with Crippen molar-refractivity contribution >= 4 is 32.6 Å². The van der Waals surface area contributed by atoms with E-state index in [0.29, 0.717) is 29.7 Å². The second-order valence-electron chi connectivity index (χ2n) is 7.00. The first-order chi connectivity index (χ1) is 14.5. The van der Waals surface area contributed by atoms with Crippen molar-refractivity contribution in [3.05, 3.63) is 65.2 Å². The van der Waals surface area contributed by atoms with Crippen molar-refractivity contribution < 1.29 is 9.53 Å². The predicted octanol–water partition coefficient (Wildman–Crippen LogP) is 4.38. The van der Waals surface area contributed by atoms with Crippen LogP contribution >= 0.6 is 11.3 Å². The first kappa shape index (κ1) is 20.0. The van der Waals surface area contributed by atoms with E-state index in [1.54, 1.807) is 24.4 Å². The van der Waals surface area contributed by atoms with Crippen molar-refractivity contribution in [2.75, 3.05) is 12.0 Å². The van der Waals surface area contributed by atoms with Gasteiger partial charge in [-0.1, -0.05) is 23.5 Å². The fraction of sp³-hybridized carbons (Fsp3) is 0.273. The number of hydrogen-bond acceptors (Lipinski definition) is 6. The Kier molecular flexibility index (Phi) is 5.50. The average Bonchev–Trinajstić information content (AvgIpc) is 3.37. The molecule has 4 aromatic rings. The molecular formula is C22H23N5O2S. The van der Waals surface area contributed by atoms with Crippen LogP contribution in [-0.4, -0.2) is 32.8 Å². The number of thiazole rings is 1. The van der Waals surface area contributed by atoms with Crippen molar-refractivity contribution in [3.63, 3.8) is 0 Å². The molecule has 0 aliphatic heterocycles. The molecule has 3 aromatic heterocycles. The van der Waals surface area contributed by atoms with Gasteiger partial charge in [0.1, 0.15) is 11.3 Å². The molecule has 0 spiro atoms. The molecule has 8 heteroatoms. The number of carbonyl (C=O) groups excluding carboxylic acids is 1. The predicted molar refractivity (Wildman–Crippen MR) is 118 cm³/mol. The van der Waals surface area contributed by atoms with E-state index in [2.05, 4.69) is 10.1 Å². The van der Waals surface area contributed by atoms with Crippen LogP contribution < -0.4 is 9.64 Å². The van der Waals surface area contributed by atoms with Gasteiger partial charge in [0.15, 0.2) is 10.8 Å². The Morgan fingerprint density at radius 3 is 2.77 bits per heavy atom. The summed E-state index contributed by atoms with van der Waals surface area (Å²) in [6, 6.07) is 9.53. The molecule has 0 radical (unpaired) electrons. The second-order valence-corrected chi connectivity index (χ2v) is 7.98. The van der Waals surface area contributed by atoms with Crippen LogP contribution in [0.2, 0.25) is 0 Å². The van der Waals surface area contributed by atoms with Gasteiger partial charge in [0.05, 0.1) is 18.4 Å². The Balaban J connectivity index is 1.81. The van der Waals surface area contributed by atoms with Crippen molar-refractivity contribution in [1.29, 1.82) is 0 Å². The minimum absolute atomic E-state index is 0.190. The summed E-state index contributed by atoms with van der Waals surface area (Å²) in [5, 5.41) is 5.09. The van der Waals surface area contributed by atoms with E-state index >= 15 is 0 Å². The zero-order valence-electron chi connectivity index (χ0n) is 17.4. The normalized spacial score (nSPS) is 11.1. The molecule has 1 amide bonds. The Labute approximate surface area is 179 Å². The molecule has 0 unspecified atom stereocenters. The molecule has 3 heterocycles. The highest BCUT2D eigenvalue weighted by atomic mass is 32.1. The van der Waals surface area contributed by atoms with Gasteiger partial charge in [0, 0.05) is 24.6 Å². The number of aromatic nitrogens is 4. The van der Waals surface area contributed by atoms with E-state index in [9.17, 15) is 4.79 Å². The van der Waals surface area contributed by atoms with Crippen LogP contribution in [0.5, 0.6) is 5.75 Å². The highest BCUT2D eigenvalue weighted by molar-refractivity contribution is 7.22. The van der Waals surface area contributed by atoms with E-state index in [0.717, 1.165) is 27.0 Å². The summed E-state index contributed by atoms with van der Waals surface area (Å²) in [4.78, 5) is 24.1. The molecule has 0 atom stereocenters. The minimum atomic E-state index is -0.190. The van der Waals surface area contributed by atoms with Gasteiger partial charge < -0.3 is 4.74 Å². The Morgan fingerprint density at radius 1 is 1.27 bits per heavy atom. The highest BCUT2D eigenvalue weighted by Gasteiger charge is 2.25. The van der Waals surface area contributed by atoms with Gasteiger partial charge in [0.2, 0.25) is 0 Å². The second kappa shape index (κ2) is 8.23. The van der Waals surface area contributed by atoms with Gasteiger partial charge >= 0.3 is 0 Å². The number of hydrogen-bond donors (Lipinski definition) is 0. The number of anilines is 1. The van der Waals surface area contributed by atoms with E-state index in [1.165, 1.54) is 11.3 Å². The average molecular weight is 422 g/mol. The zero-order valence-corrected chi connectivity index (χ0v) is 18.2. The molecule has 154 valence electrons. The molecule has 1 aromatic carbocycles. The lowest BCUT2D eigenvalue weighted by Gasteiger charge is -2.18. The first-order valence-corrected chi connectivity index (χ1v) is 10.5. The van der Waals surface area contributed by atoms with E-state index < -0.39 is 0 Å². The smallest absolute Gasteiger partial charge is 0.280 e. The summed E-state index contributed by atoms with van der Waals surface area (Å²) in [7, 11) is 1.63. The van der Waals surface area contributed by atoms with Crippen LogP contribution in [0.1, 0.15) is 34.2 Å². The quantitative estimate of drug-likeness (QED) is 0.462. The summed E-state index contributed by atoms with van der Waals surface area (Å²) < 4.78 is 8.31. The standard InChI is InChI=1S/C22H23N5O2S/c1-5-27-15(3)11-17(25-27)21(28)26(13-16-7-6-10-23-12-16)22-24-19-18(29-4)9-8-14(2)20(19)30-22/h6-12H,5,13H2,1-4H3. The number of amides is 1. The third-order valence-corrected chi connectivity index (χ3v) is 6.17. The maximum Gasteiger partial charge on any atom is 0.280 e. The van der Waals surface area contributed by atoms with E-state index in [4.69, 9.17) is 9.72 Å². The number of carbonyl (C=O) groups is 1. The summed E-state index contributed by atoms with van der Waals surface area (Å²) in [5.74, 6) is 0.503. The molecule has 0 aliphatic carbocycles. The maximum atomic E-state index is 13.5. The molecule has 0 aliphatic rings. The number of ether oxygens (including phenoxy) is 1. The number of nitrogens with zero attached hydrogens (tertiary/aromatic N) is 5. The van der Waals surface area contributed by atoms with Crippen LogP contribution in [0.15, 0.2) is 42.7 Å². The SMILES string of the molecule is CCn1nc(C(=O)N(Cc2cccnc2)c2nc3c(OC)ccc(C)c3s2)cc1C. The number of benzene rings is 1. The van der Waals surface area contributed by atoms with Crippen molar-refractivity contribution in [2.24, 2.45) is 0 Å². The Morgan fingerprint density at radius 2 is 2.10 bits per heavy atom. The van der Waals surface area contributed by atoms with Gasteiger partial charge in [0.25, 0.3) is 5.91 Å². The Hall–Kier alpha value is -3.26. The van der Waals surface area contributed by atoms with Crippen molar-refractivity contribution in [2.45, 2.75) is 33.9 Å². The third-order valence-electron chi connectivity index (χ3n) is 4.95. The lowest BCUT2D eigenvalue weighted by atomic mass is 10.2. The van der Waals surface area contributed by atoms with Gasteiger partial charge in [-0.2, -0.15) is 5.10 Å². The zero-order chi connectivity index (χ0) is 21.3. The maximum absolute atomic E-state index is 13.5. The molecule has 7 nitrogen and oxygen atoms in total. The minimum Gasteiger partial charge on any atom is -0.494 e. The largest absolute Gasteiger partial charge is 0.494 e. The molecular weight excluding hydrogens is 398 g/mol. The van der Waals surface area contributed by atoms with Crippen LogP contribution in [-0.2, 0) is 13.1 Å². The van der Waals surface area contributed by atoms with Crippen molar-refractivity contribution in [1.82, 2.24) is 19.7 Å². The molecule has 0 saturated heterocycles. The fourth-order valence-electron chi connectivity index (χ4n) is 3.35. The van der Waals surface area contributed by atoms with Gasteiger partial charge in [-0.25, -0.2) is 4.98 Å². The summed E-state index contributed by atoms with van der Waals surface area (Å²) in [6.07, 6.45) is 3.48. The number of methoxy groups -OCH3 is 1. The first-order valence-electron chi connectivity index (χ1n) is 9.71. The van der Waals surface area contributed by atoms with Gasteiger partial charge in [-0.05, 0) is 50.1 Å². The van der Waals surface area contributed by atoms with Crippen LogP contribution in [0.4, 0.5) is 5.13 Å². The van der Waals surface area contributed by atoms with Crippen LogP contribution in [0.3, 0.4) is 0 Å². The number of aryl methyl sites for hydroxylation is 3. The number of fused-ring (bicyclic) bond motifs is 1. The van der Waals surface area contributed by atoms with Crippen LogP contribution in [0, 0.1) is 13.8 Å². The van der Waals surface area contributed by atoms with Gasteiger partial charge in [-0.3, -0.25) is 19.4 Å². The molecule has 4 rings (SSSR count). The lowest BCUT2D eigenvalue weighted by molar-refractivity contribution is 0.0979. The van der Waals surface area contributed by atoms with Crippen LogP contribution in [0.25, 0.3) is 10.2 Å².